The maximum absolute atomic E-state index is 13.1. The molecule has 1 aromatic heterocycles. The van der Waals surface area contributed by atoms with Crippen LogP contribution in [0.5, 0.6) is 0 Å². The number of carboxylic acid groups (broad SMARTS) is 1. The maximum atomic E-state index is 13.1. The SMILES string of the molecule is Cn1c(=O)n(C2CCC(=O)NC2=O)c2cccc(NC3CCC([N+](=O)N4CC[C@@H](C(=O)O)C4)CC3)c21. The van der Waals surface area contributed by atoms with Gasteiger partial charge in [0.25, 0.3) is 0 Å². The van der Waals surface area contributed by atoms with Crippen molar-refractivity contribution >= 4 is 34.5 Å². The Morgan fingerprint density at radius 2 is 1.86 bits per heavy atom. The van der Waals surface area contributed by atoms with E-state index in [2.05, 4.69) is 10.6 Å². The minimum Gasteiger partial charge on any atom is -0.481 e. The first-order valence-electron chi connectivity index (χ1n) is 12.5. The zero-order valence-electron chi connectivity index (χ0n) is 20.2. The van der Waals surface area contributed by atoms with Gasteiger partial charge in [-0.2, -0.15) is 0 Å². The first-order chi connectivity index (χ1) is 17.2. The number of carbonyl (C=O) groups excluding carboxylic acids is 2. The van der Waals surface area contributed by atoms with E-state index in [1.165, 1.54) is 9.13 Å². The van der Waals surface area contributed by atoms with Crippen LogP contribution in [0, 0.1) is 10.8 Å². The van der Waals surface area contributed by atoms with Crippen molar-refractivity contribution in [2.75, 3.05) is 18.4 Å². The first-order valence-corrected chi connectivity index (χ1v) is 12.5. The standard InChI is InChI=1S/C24H30N6O6/c1-27-21-17(3-2-4-18(21)29(24(27)35)19-9-10-20(31)26-22(19)32)25-15-5-7-16(8-6-15)30(36)28-12-11-14(13-28)23(33)34/h2-4,14-16,19,25H,5-13H2,1H3,(H-,26,31,32,33,34)/p+1/t14-,15?,16?,19?/m1/s1. The van der Waals surface area contributed by atoms with E-state index < -0.39 is 23.8 Å². The molecule has 1 saturated carbocycles. The molecular formula is C24H31N6O6+. The van der Waals surface area contributed by atoms with Gasteiger partial charge in [-0.1, -0.05) is 6.07 Å². The Morgan fingerprint density at radius 3 is 2.53 bits per heavy atom. The number of aliphatic carboxylic acids is 1. The van der Waals surface area contributed by atoms with E-state index in [-0.39, 0.29) is 43.1 Å². The van der Waals surface area contributed by atoms with Gasteiger partial charge in [0.1, 0.15) is 10.9 Å². The average Bonchev–Trinajstić information content (AvgIpc) is 3.44. The van der Waals surface area contributed by atoms with Crippen LogP contribution in [0.25, 0.3) is 11.0 Å². The highest BCUT2D eigenvalue weighted by Crippen LogP contribution is 2.31. The predicted molar refractivity (Wildman–Crippen MR) is 129 cm³/mol. The van der Waals surface area contributed by atoms with Gasteiger partial charge in [0.15, 0.2) is 0 Å². The van der Waals surface area contributed by atoms with Gasteiger partial charge in [-0.25, -0.2) is 4.79 Å². The number of carbonyl (C=O) groups is 3. The van der Waals surface area contributed by atoms with Crippen LogP contribution in [-0.2, 0) is 21.4 Å². The molecule has 2 aliphatic heterocycles. The summed E-state index contributed by atoms with van der Waals surface area (Å²) in [6.07, 6.45) is 3.85. The lowest BCUT2D eigenvalue weighted by atomic mass is 9.91. The Labute approximate surface area is 206 Å². The predicted octanol–water partition coefficient (Wildman–Crippen LogP) is 1.14. The third-order valence-electron chi connectivity index (χ3n) is 7.79. The maximum Gasteiger partial charge on any atom is 0.329 e. The monoisotopic (exact) mass is 499 g/mol. The lowest BCUT2D eigenvalue weighted by Gasteiger charge is -2.27. The molecule has 192 valence electrons. The molecule has 0 radical (unpaired) electrons. The van der Waals surface area contributed by atoms with Gasteiger partial charge in [-0.3, -0.25) is 28.8 Å². The number of aryl methyl sites for hydroxylation is 1. The number of hydrogen-bond donors (Lipinski definition) is 3. The quantitative estimate of drug-likeness (QED) is 0.396. The number of hydrogen-bond acceptors (Lipinski definition) is 6. The summed E-state index contributed by atoms with van der Waals surface area (Å²) in [5.41, 5.74) is 1.79. The third kappa shape index (κ3) is 4.24. The summed E-state index contributed by atoms with van der Waals surface area (Å²) in [6, 6.07) is 4.74. The van der Waals surface area contributed by atoms with Crippen molar-refractivity contribution in [3.63, 3.8) is 0 Å². The van der Waals surface area contributed by atoms with Gasteiger partial charge < -0.3 is 10.4 Å². The number of nitrogens with one attached hydrogen (secondary N) is 2. The fraction of sp³-hybridized carbons (Fsp3) is 0.583. The van der Waals surface area contributed by atoms with Gasteiger partial charge in [0.2, 0.25) is 17.9 Å². The third-order valence-corrected chi connectivity index (χ3v) is 7.79. The van der Waals surface area contributed by atoms with Crippen LogP contribution in [0.3, 0.4) is 0 Å². The number of aromatic nitrogens is 2. The van der Waals surface area contributed by atoms with E-state index in [0.717, 1.165) is 23.4 Å². The first kappa shape index (κ1) is 24.0. The average molecular weight is 500 g/mol. The number of hydrazine groups is 1. The number of benzene rings is 1. The summed E-state index contributed by atoms with van der Waals surface area (Å²) < 4.78 is 2.99. The van der Waals surface area contributed by atoms with Crippen LogP contribution in [-0.4, -0.2) is 67.1 Å². The Morgan fingerprint density at radius 1 is 1.11 bits per heavy atom. The van der Waals surface area contributed by atoms with Crippen molar-refractivity contribution < 1.29 is 24.4 Å². The Kier molecular flexibility index (Phi) is 6.27. The molecule has 2 aromatic rings. The number of para-hydroxylation sites is 1. The number of imidazole rings is 1. The molecule has 3 aliphatic rings. The molecule has 0 bridgehead atoms. The zero-order chi connectivity index (χ0) is 25.6. The van der Waals surface area contributed by atoms with E-state index in [1.807, 2.05) is 12.1 Å². The number of carboxylic acids is 1. The number of nitrogens with zero attached hydrogens (tertiary/aromatic N) is 4. The number of nitroso groups, excluding NO2 is 1. The van der Waals surface area contributed by atoms with Gasteiger partial charge in [-0.15, -0.1) is 5.01 Å². The van der Waals surface area contributed by atoms with Gasteiger partial charge in [0, 0.05) is 32.4 Å². The molecule has 3 fully saturated rings. The van der Waals surface area contributed by atoms with Crippen molar-refractivity contribution in [1.82, 2.24) is 19.5 Å². The van der Waals surface area contributed by atoms with Gasteiger partial charge in [-0.05, 0) is 37.8 Å². The Hall–Kier alpha value is -3.70. The normalized spacial score (nSPS) is 26.8. The number of amides is 2. The van der Waals surface area contributed by atoms with Crippen LogP contribution in [0.1, 0.15) is 51.0 Å². The molecule has 1 unspecified atom stereocenters. The topological polar surface area (TPSA) is 146 Å². The van der Waals surface area contributed by atoms with Gasteiger partial charge in [0.05, 0.1) is 40.6 Å². The number of piperidine rings is 1. The summed E-state index contributed by atoms with van der Waals surface area (Å²) in [7, 11) is 1.67. The number of fused-ring (bicyclic) bond motifs is 1. The van der Waals surface area contributed by atoms with Crippen LogP contribution in [0.2, 0.25) is 0 Å². The molecule has 5 rings (SSSR count). The number of rotatable bonds is 6. The summed E-state index contributed by atoms with van der Waals surface area (Å²) in [6.45, 7) is 0.732. The molecule has 1 aromatic carbocycles. The summed E-state index contributed by atoms with van der Waals surface area (Å²) in [4.78, 5) is 62.2. The highest BCUT2D eigenvalue weighted by Gasteiger charge is 2.41. The van der Waals surface area contributed by atoms with Crippen molar-refractivity contribution in [1.29, 1.82) is 0 Å². The van der Waals surface area contributed by atoms with Crippen molar-refractivity contribution in [3.05, 3.63) is 33.6 Å². The second kappa shape index (κ2) is 9.40. The smallest absolute Gasteiger partial charge is 0.329 e. The molecule has 3 heterocycles. The van der Waals surface area contributed by atoms with E-state index >= 15 is 0 Å². The van der Waals surface area contributed by atoms with Crippen molar-refractivity contribution in [2.45, 2.75) is 63.1 Å². The Balaban J connectivity index is 1.29. The second-order valence-electron chi connectivity index (χ2n) is 10.0. The largest absolute Gasteiger partial charge is 0.481 e. The van der Waals surface area contributed by atoms with Crippen molar-refractivity contribution in [2.24, 2.45) is 13.0 Å². The molecule has 0 spiro atoms. The molecular weight excluding hydrogens is 468 g/mol. The Bertz CT molecular complexity index is 1290. The molecule has 1 aliphatic carbocycles. The number of imide groups is 1. The lowest BCUT2D eigenvalue weighted by Crippen LogP contribution is -2.44. The fourth-order valence-corrected chi connectivity index (χ4v) is 5.80. The van der Waals surface area contributed by atoms with Crippen LogP contribution >= 0.6 is 0 Å². The minimum atomic E-state index is -0.853. The molecule has 12 nitrogen and oxygen atoms in total. The van der Waals surface area contributed by atoms with Crippen LogP contribution < -0.4 is 16.3 Å². The van der Waals surface area contributed by atoms with Crippen LogP contribution in [0.4, 0.5) is 5.69 Å². The molecule has 2 atom stereocenters. The van der Waals surface area contributed by atoms with E-state index in [4.69, 9.17) is 0 Å². The zero-order valence-corrected chi connectivity index (χ0v) is 20.2. The van der Waals surface area contributed by atoms with Gasteiger partial charge >= 0.3 is 11.7 Å². The fourth-order valence-electron chi connectivity index (χ4n) is 5.80. The highest BCUT2D eigenvalue weighted by molar-refractivity contribution is 6.00. The minimum absolute atomic E-state index is 0.111. The van der Waals surface area contributed by atoms with Crippen molar-refractivity contribution in [3.8, 4) is 0 Å². The molecule has 2 saturated heterocycles. The summed E-state index contributed by atoms with van der Waals surface area (Å²) >= 11 is 0. The van der Waals surface area contributed by atoms with E-state index in [0.29, 0.717) is 36.8 Å². The second-order valence-corrected chi connectivity index (χ2v) is 10.0. The highest BCUT2D eigenvalue weighted by atomic mass is 16.4. The lowest BCUT2D eigenvalue weighted by molar-refractivity contribution is -0.734. The summed E-state index contributed by atoms with van der Waals surface area (Å²) in [5.74, 6) is -2.13. The molecule has 36 heavy (non-hydrogen) atoms. The summed E-state index contributed by atoms with van der Waals surface area (Å²) in [5, 5.41) is 16.7. The molecule has 2 amide bonds. The van der Waals surface area contributed by atoms with Crippen LogP contribution in [0.15, 0.2) is 23.0 Å². The van der Waals surface area contributed by atoms with E-state index in [1.54, 1.807) is 18.1 Å². The molecule has 12 heteroatoms. The van der Waals surface area contributed by atoms with E-state index in [9.17, 15) is 29.2 Å². The number of anilines is 1. The molecule has 3 N–H and O–H groups in total.